The number of hydrogen-bond donors (Lipinski definition) is 0. The van der Waals surface area contributed by atoms with Crippen molar-refractivity contribution in [2.75, 3.05) is 13.7 Å². The average Bonchev–Trinajstić information content (AvgIpc) is 3.19. The molecule has 31 heavy (non-hydrogen) atoms. The molecule has 0 atom stereocenters. The van der Waals surface area contributed by atoms with Gasteiger partial charge in [0.15, 0.2) is 0 Å². The Bertz CT molecular complexity index is 1330. The summed E-state index contributed by atoms with van der Waals surface area (Å²) in [5.74, 6) is 0.509. The minimum absolute atomic E-state index is 0.0177. The van der Waals surface area contributed by atoms with Crippen LogP contribution in [0.15, 0.2) is 65.7 Å². The molecule has 6 nitrogen and oxygen atoms in total. The minimum atomic E-state index is -0.0602. The summed E-state index contributed by atoms with van der Waals surface area (Å²) in [7, 11) is 1.57. The second-order valence-corrected chi connectivity index (χ2v) is 8.61. The SMILES string of the molecule is COc1ccccc1C(=O)N1CCc2c(sc3ncn(Cc4ccccc4)c(=O)c23)C1. The van der Waals surface area contributed by atoms with Gasteiger partial charge in [-0.15, -0.1) is 11.3 Å². The highest BCUT2D eigenvalue weighted by Gasteiger charge is 2.28. The largest absolute Gasteiger partial charge is 0.496 e. The van der Waals surface area contributed by atoms with Crippen molar-refractivity contribution in [3.05, 3.63) is 92.8 Å². The van der Waals surface area contributed by atoms with Crippen LogP contribution in [-0.2, 0) is 19.5 Å². The minimum Gasteiger partial charge on any atom is -0.496 e. The molecule has 0 spiro atoms. The molecular weight excluding hydrogens is 410 g/mol. The number of thiophene rings is 1. The van der Waals surface area contributed by atoms with Crippen LogP contribution in [0.5, 0.6) is 5.75 Å². The fourth-order valence-corrected chi connectivity index (χ4v) is 5.27. The molecule has 0 radical (unpaired) electrons. The summed E-state index contributed by atoms with van der Waals surface area (Å²) in [5.41, 5.74) is 2.63. The predicted octanol–water partition coefficient (Wildman–Crippen LogP) is 3.71. The van der Waals surface area contributed by atoms with E-state index in [2.05, 4.69) is 4.98 Å². The number of aromatic nitrogens is 2. The van der Waals surface area contributed by atoms with E-state index in [0.717, 1.165) is 20.8 Å². The van der Waals surface area contributed by atoms with Gasteiger partial charge >= 0.3 is 0 Å². The maximum atomic E-state index is 13.2. The molecule has 0 bridgehead atoms. The van der Waals surface area contributed by atoms with E-state index in [1.807, 2.05) is 47.4 Å². The predicted molar refractivity (Wildman–Crippen MR) is 121 cm³/mol. The molecule has 1 aliphatic rings. The number of nitrogens with zero attached hydrogens (tertiary/aromatic N) is 3. The first-order chi connectivity index (χ1) is 15.2. The maximum absolute atomic E-state index is 13.2. The number of amides is 1. The molecule has 0 saturated carbocycles. The fraction of sp³-hybridized carbons (Fsp3) is 0.208. The molecular formula is C24H21N3O3S. The Labute approximate surface area is 183 Å². The Hall–Kier alpha value is -3.45. The van der Waals surface area contributed by atoms with Crippen molar-refractivity contribution in [1.29, 1.82) is 0 Å². The summed E-state index contributed by atoms with van der Waals surface area (Å²) < 4.78 is 7.02. The van der Waals surface area contributed by atoms with Crippen LogP contribution in [0.3, 0.4) is 0 Å². The lowest BCUT2D eigenvalue weighted by molar-refractivity contribution is 0.0734. The molecule has 4 aromatic rings. The highest BCUT2D eigenvalue weighted by molar-refractivity contribution is 7.18. The molecule has 3 heterocycles. The summed E-state index contributed by atoms with van der Waals surface area (Å²) in [5, 5.41) is 0.697. The monoisotopic (exact) mass is 431 g/mol. The van der Waals surface area contributed by atoms with Crippen molar-refractivity contribution in [1.82, 2.24) is 14.5 Å². The molecule has 0 fully saturated rings. The van der Waals surface area contributed by atoms with Crippen molar-refractivity contribution in [3.63, 3.8) is 0 Å². The molecule has 1 aliphatic heterocycles. The van der Waals surface area contributed by atoms with Gasteiger partial charge < -0.3 is 9.64 Å². The van der Waals surface area contributed by atoms with Gasteiger partial charge in [-0.25, -0.2) is 4.98 Å². The molecule has 2 aromatic heterocycles. The van der Waals surface area contributed by atoms with Crippen LogP contribution in [-0.4, -0.2) is 34.0 Å². The Morgan fingerprint density at radius 3 is 2.71 bits per heavy atom. The molecule has 2 aromatic carbocycles. The van der Waals surface area contributed by atoms with E-state index in [-0.39, 0.29) is 11.5 Å². The number of ether oxygens (including phenoxy) is 1. The van der Waals surface area contributed by atoms with Gasteiger partial charge in [0, 0.05) is 11.4 Å². The quantitative estimate of drug-likeness (QED) is 0.494. The van der Waals surface area contributed by atoms with Gasteiger partial charge in [0.05, 0.1) is 37.5 Å². The van der Waals surface area contributed by atoms with Crippen LogP contribution in [0, 0.1) is 0 Å². The Balaban J connectivity index is 1.47. The van der Waals surface area contributed by atoms with Gasteiger partial charge in [-0.2, -0.15) is 0 Å². The zero-order valence-corrected chi connectivity index (χ0v) is 17.9. The summed E-state index contributed by atoms with van der Waals surface area (Å²) in [6.07, 6.45) is 2.26. The van der Waals surface area contributed by atoms with Crippen LogP contribution in [0.2, 0.25) is 0 Å². The molecule has 156 valence electrons. The molecule has 0 N–H and O–H groups in total. The van der Waals surface area contributed by atoms with Crippen LogP contribution in [0.4, 0.5) is 0 Å². The molecule has 0 saturated heterocycles. The first kappa shape index (κ1) is 19.5. The van der Waals surface area contributed by atoms with Gasteiger partial charge in [-0.1, -0.05) is 42.5 Å². The van der Waals surface area contributed by atoms with E-state index < -0.39 is 0 Å². The Morgan fingerprint density at radius 1 is 1.13 bits per heavy atom. The van der Waals surface area contributed by atoms with Crippen LogP contribution in [0.25, 0.3) is 10.2 Å². The maximum Gasteiger partial charge on any atom is 0.262 e. The topological polar surface area (TPSA) is 64.4 Å². The average molecular weight is 432 g/mol. The number of benzene rings is 2. The number of carbonyl (C=O) groups excluding carboxylic acids is 1. The molecule has 0 aliphatic carbocycles. The van der Waals surface area contributed by atoms with E-state index in [1.54, 1.807) is 30.1 Å². The van der Waals surface area contributed by atoms with Crippen LogP contribution < -0.4 is 10.3 Å². The standard InChI is InChI=1S/C24H21N3O3S/c1-30-19-10-6-5-9-17(19)23(28)26-12-11-18-20(14-26)31-22-21(18)24(29)27(15-25-22)13-16-7-3-2-4-8-16/h2-10,15H,11-14H2,1H3. The third kappa shape index (κ3) is 3.51. The van der Waals surface area contributed by atoms with Gasteiger partial charge in [-0.05, 0) is 29.7 Å². The van der Waals surface area contributed by atoms with E-state index in [1.165, 1.54) is 11.3 Å². The van der Waals surface area contributed by atoms with E-state index >= 15 is 0 Å². The van der Waals surface area contributed by atoms with E-state index in [4.69, 9.17) is 4.74 Å². The zero-order valence-electron chi connectivity index (χ0n) is 17.1. The van der Waals surface area contributed by atoms with Gasteiger partial charge in [0.1, 0.15) is 10.6 Å². The van der Waals surface area contributed by atoms with Gasteiger partial charge in [0.2, 0.25) is 0 Å². The number of rotatable bonds is 4. The lowest BCUT2D eigenvalue weighted by atomic mass is 10.0. The van der Waals surface area contributed by atoms with Crippen LogP contribution in [0.1, 0.15) is 26.4 Å². The second-order valence-electron chi connectivity index (χ2n) is 7.52. The van der Waals surface area contributed by atoms with E-state index in [0.29, 0.717) is 42.8 Å². The smallest absolute Gasteiger partial charge is 0.262 e. The van der Waals surface area contributed by atoms with Crippen molar-refractivity contribution in [2.45, 2.75) is 19.5 Å². The molecule has 0 unspecified atom stereocenters. The first-order valence-corrected chi connectivity index (χ1v) is 10.9. The number of carbonyl (C=O) groups is 1. The van der Waals surface area contributed by atoms with Gasteiger partial charge in [-0.3, -0.25) is 14.2 Å². The number of methoxy groups -OCH3 is 1. The summed E-state index contributed by atoms with van der Waals surface area (Å²) in [4.78, 5) is 34.5. The second kappa shape index (κ2) is 8.00. The first-order valence-electron chi connectivity index (χ1n) is 10.1. The molecule has 1 amide bonds. The lowest BCUT2D eigenvalue weighted by Crippen LogP contribution is -2.35. The number of hydrogen-bond acceptors (Lipinski definition) is 5. The number of para-hydroxylation sites is 1. The third-order valence-electron chi connectivity index (χ3n) is 5.65. The lowest BCUT2D eigenvalue weighted by Gasteiger charge is -2.27. The van der Waals surface area contributed by atoms with Crippen molar-refractivity contribution in [2.24, 2.45) is 0 Å². The fourth-order valence-electron chi connectivity index (χ4n) is 4.08. The highest BCUT2D eigenvalue weighted by atomic mass is 32.1. The third-order valence-corrected chi connectivity index (χ3v) is 6.77. The van der Waals surface area contributed by atoms with Crippen molar-refractivity contribution < 1.29 is 9.53 Å². The summed E-state index contributed by atoms with van der Waals surface area (Å²) in [6.45, 7) is 1.53. The van der Waals surface area contributed by atoms with Crippen molar-refractivity contribution in [3.8, 4) is 5.75 Å². The molecule has 5 rings (SSSR count). The van der Waals surface area contributed by atoms with Gasteiger partial charge in [0.25, 0.3) is 11.5 Å². The molecule has 7 heteroatoms. The zero-order chi connectivity index (χ0) is 21.4. The normalized spacial score (nSPS) is 13.3. The van der Waals surface area contributed by atoms with E-state index in [9.17, 15) is 9.59 Å². The van der Waals surface area contributed by atoms with Crippen molar-refractivity contribution >= 4 is 27.5 Å². The highest BCUT2D eigenvalue weighted by Crippen LogP contribution is 2.33. The Morgan fingerprint density at radius 2 is 1.90 bits per heavy atom. The van der Waals surface area contributed by atoms with Crippen LogP contribution >= 0.6 is 11.3 Å². The number of fused-ring (bicyclic) bond motifs is 3. The summed E-state index contributed by atoms with van der Waals surface area (Å²) >= 11 is 1.51. The Kier molecular flexibility index (Phi) is 5.03. The summed E-state index contributed by atoms with van der Waals surface area (Å²) in [6, 6.07) is 17.2.